The third kappa shape index (κ3) is 3.05. The molecule has 3 heteroatoms. The maximum absolute atomic E-state index is 5.57. The molecule has 1 aromatic rings. The molecule has 17 heavy (non-hydrogen) atoms. The van der Waals surface area contributed by atoms with Gasteiger partial charge in [-0.2, -0.15) is 0 Å². The van der Waals surface area contributed by atoms with Crippen molar-refractivity contribution in [1.82, 2.24) is 0 Å². The predicted molar refractivity (Wildman–Crippen MR) is 70.0 cm³/mol. The number of anilines is 1. The molecule has 0 saturated heterocycles. The van der Waals surface area contributed by atoms with Crippen LogP contribution in [0.1, 0.15) is 33.1 Å². The maximum Gasteiger partial charge on any atom is 0.163 e. The van der Waals surface area contributed by atoms with Crippen LogP contribution < -0.4 is 14.8 Å². The molecule has 3 nitrogen and oxygen atoms in total. The molecule has 1 aliphatic heterocycles. The molecule has 1 aromatic carbocycles. The van der Waals surface area contributed by atoms with Gasteiger partial charge in [0.05, 0.1) is 0 Å². The highest BCUT2D eigenvalue weighted by atomic mass is 16.6. The first-order valence-electron chi connectivity index (χ1n) is 6.49. The Morgan fingerprint density at radius 3 is 2.65 bits per heavy atom. The van der Waals surface area contributed by atoms with E-state index in [1.54, 1.807) is 0 Å². The van der Waals surface area contributed by atoms with Crippen LogP contribution in [0.5, 0.6) is 11.5 Å². The molecule has 94 valence electrons. The number of benzene rings is 1. The Kier molecular flexibility index (Phi) is 4.13. The van der Waals surface area contributed by atoms with Gasteiger partial charge in [0.1, 0.15) is 13.2 Å². The first kappa shape index (κ1) is 12.1. The summed E-state index contributed by atoms with van der Waals surface area (Å²) in [7, 11) is 0. The van der Waals surface area contributed by atoms with Gasteiger partial charge in [0.25, 0.3) is 0 Å². The smallest absolute Gasteiger partial charge is 0.163 e. The Labute approximate surface area is 103 Å². The van der Waals surface area contributed by atoms with Gasteiger partial charge in [-0.1, -0.05) is 20.3 Å². The number of hydrogen-bond acceptors (Lipinski definition) is 3. The lowest BCUT2D eigenvalue weighted by atomic mass is 10.1. The average molecular weight is 235 g/mol. The third-order valence-electron chi connectivity index (χ3n) is 3.04. The monoisotopic (exact) mass is 235 g/mol. The Morgan fingerprint density at radius 1 is 1.18 bits per heavy atom. The van der Waals surface area contributed by atoms with Crippen molar-refractivity contribution in [3.8, 4) is 11.5 Å². The zero-order valence-electron chi connectivity index (χ0n) is 10.7. The number of rotatable bonds is 5. The van der Waals surface area contributed by atoms with E-state index in [9.17, 15) is 0 Å². The molecule has 1 unspecified atom stereocenters. The van der Waals surface area contributed by atoms with E-state index in [1.165, 1.54) is 12.8 Å². The SMILES string of the molecule is CCCC(CC)Nc1ccc2c(c1)OCCO2. The van der Waals surface area contributed by atoms with Gasteiger partial charge in [-0.15, -0.1) is 0 Å². The van der Waals surface area contributed by atoms with E-state index >= 15 is 0 Å². The Hall–Kier alpha value is -1.38. The summed E-state index contributed by atoms with van der Waals surface area (Å²) in [6.07, 6.45) is 3.54. The zero-order chi connectivity index (χ0) is 12.1. The van der Waals surface area contributed by atoms with Crippen LogP contribution in [0.15, 0.2) is 18.2 Å². The van der Waals surface area contributed by atoms with E-state index in [-0.39, 0.29) is 0 Å². The van der Waals surface area contributed by atoms with Gasteiger partial charge in [0, 0.05) is 17.8 Å². The van der Waals surface area contributed by atoms with Crippen LogP contribution in [-0.4, -0.2) is 19.3 Å². The molecular weight excluding hydrogens is 214 g/mol. The van der Waals surface area contributed by atoms with Crippen LogP contribution in [0.25, 0.3) is 0 Å². The van der Waals surface area contributed by atoms with E-state index in [4.69, 9.17) is 9.47 Å². The highest BCUT2D eigenvalue weighted by molar-refractivity contribution is 5.55. The van der Waals surface area contributed by atoms with Gasteiger partial charge in [-0.05, 0) is 25.0 Å². The average Bonchev–Trinajstić information content (AvgIpc) is 2.38. The molecule has 1 aliphatic rings. The van der Waals surface area contributed by atoms with Crippen molar-refractivity contribution in [2.75, 3.05) is 18.5 Å². The van der Waals surface area contributed by atoms with Crippen molar-refractivity contribution in [2.24, 2.45) is 0 Å². The molecule has 0 radical (unpaired) electrons. The standard InChI is InChI=1S/C14H21NO2/c1-3-5-11(4-2)15-12-6-7-13-14(10-12)17-9-8-16-13/h6-7,10-11,15H,3-5,8-9H2,1-2H3. The molecule has 0 aliphatic carbocycles. The Balaban J connectivity index is 2.05. The van der Waals surface area contributed by atoms with Gasteiger partial charge in [-0.25, -0.2) is 0 Å². The maximum atomic E-state index is 5.57. The summed E-state index contributed by atoms with van der Waals surface area (Å²) in [6.45, 7) is 5.72. The van der Waals surface area contributed by atoms with Crippen LogP contribution in [0.4, 0.5) is 5.69 Å². The molecule has 1 N–H and O–H groups in total. The summed E-state index contributed by atoms with van der Waals surface area (Å²) >= 11 is 0. The van der Waals surface area contributed by atoms with Crippen molar-refractivity contribution in [1.29, 1.82) is 0 Å². The quantitative estimate of drug-likeness (QED) is 0.848. The van der Waals surface area contributed by atoms with Crippen molar-refractivity contribution >= 4 is 5.69 Å². The zero-order valence-corrected chi connectivity index (χ0v) is 10.7. The molecule has 1 heterocycles. The topological polar surface area (TPSA) is 30.5 Å². The van der Waals surface area contributed by atoms with E-state index in [1.807, 2.05) is 12.1 Å². The number of hydrogen-bond donors (Lipinski definition) is 1. The highest BCUT2D eigenvalue weighted by Gasteiger charge is 2.12. The normalized spacial score (nSPS) is 15.4. The van der Waals surface area contributed by atoms with Crippen LogP contribution in [-0.2, 0) is 0 Å². The fraction of sp³-hybridized carbons (Fsp3) is 0.571. The van der Waals surface area contributed by atoms with Gasteiger partial charge in [-0.3, -0.25) is 0 Å². The summed E-state index contributed by atoms with van der Waals surface area (Å²) in [5, 5.41) is 3.54. The minimum atomic E-state index is 0.544. The first-order chi connectivity index (χ1) is 8.33. The molecular formula is C14H21NO2. The van der Waals surface area contributed by atoms with Crippen LogP contribution >= 0.6 is 0 Å². The fourth-order valence-corrected chi connectivity index (χ4v) is 2.10. The molecule has 0 fully saturated rings. The van der Waals surface area contributed by atoms with Gasteiger partial charge >= 0.3 is 0 Å². The van der Waals surface area contributed by atoms with Crippen LogP contribution in [0.3, 0.4) is 0 Å². The van der Waals surface area contributed by atoms with Gasteiger partial charge in [0.15, 0.2) is 11.5 Å². The van der Waals surface area contributed by atoms with Crippen molar-refractivity contribution in [2.45, 2.75) is 39.2 Å². The van der Waals surface area contributed by atoms with E-state index in [2.05, 4.69) is 25.2 Å². The second-order valence-electron chi connectivity index (χ2n) is 4.40. The lowest BCUT2D eigenvalue weighted by molar-refractivity contribution is 0.171. The van der Waals surface area contributed by atoms with Crippen molar-refractivity contribution in [3.05, 3.63) is 18.2 Å². The highest BCUT2D eigenvalue weighted by Crippen LogP contribution is 2.33. The number of fused-ring (bicyclic) bond motifs is 1. The lowest BCUT2D eigenvalue weighted by Crippen LogP contribution is -2.19. The first-order valence-corrected chi connectivity index (χ1v) is 6.49. The molecule has 0 aromatic heterocycles. The Bertz CT molecular complexity index is 365. The third-order valence-corrected chi connectivity index (χ3v) is 3.04. The summed E-state index contributed by atoms with van der Waals surface area (Å²) in [6, 6.07) is 6.62. The summed E-state index contributed by atoms with van der Waals surface area (Å²) in [5.74, 6) is 1.71. The minimum absolute atomic E-state index is 0.544. The minimum Gasteiger partial charge on any atom is -0.486 e. The van der Waals surface area contributed by atoms with Gasteiger partial charge < -0.3 is 14.8 Å². The fourth-order valence-electron chi connectivity index (χ4n) is 2.10. The van der Waals surface area contributed by atoms with Gasteiger partial charge in [0.2, 0.25) is 0 Å². The molecule has 0 bridgehead atoms. The molecule has 2 rings (SSSR count). The largest absolute Gasteiger partial charge is 0.486 e. The second-order valence-corrected chi connectivity index (χ2v) is 4.40. The summed E-state index contributed by atoms with van der Waals surface area (Å²) < 4.78 is 11.1. The molecule has 0 spiro atoms. The number of ether oxygens (including phenoxy) is 2. The molecule has 0 saturated carbocycles. The number of nitrogens with one attached hydrogen (secondary N) is 1. The molecule has 0 amide bonds. The predicted octanol–water partition coefficient (Wildman–Crippen LogP) is 3.45. The van der Waals surface area contributed by atoms with E-state index < -0.39 is 0 Å². The van der Waals surface area contributed by atoms with Crippen LogP contribution in [0, 0.1) is 0 Å². The van der Waals surface area contributed by atoms with Crippen LogP contribution in [0.2, 0.25) is 0 Å². The van der Waals surface area contributed by atoms with E-state index in [0.717, 1.165) is 23.6 Å². The lowest BCUT2D eigenvalue weighted by Gasteiger charge is -2.21. The summed E-state index contributed by atoms with van der Waals surface area (Å²) in [4.78, 5) is 0. The van der Waals surface area contributed by atoms with Crippen molar-refractivity contribution < 1.29 is 9.47 Å². The second kappa shape index (κ2) is 5.80. The Morgan fingerprint density at radius 2 is 1.94 bits per heavy atom. The van der Waals surface area contributed by atoms with Crippen molar-refractivity contribution in [3.63, 3.8) is 0 Å². The summed E-state index contributed by atoms with van der Waals surface area (Å²) in [5.41, 5.74) is 1.12. The molecule has 1 atom stereocenters. The van der Waals surface area contributed by atoms with E-state index in [0.29, 0.717) is 19.3 Å².